The number of carbonyl (C=O) groups is 1. The average Bonchev–Trinajstić information content (AvgIpc) is 3.00. The van der Waals surface area contributed by atoms with Crippen molar-refractivity contribution in [3.05, 3.63) is 74.4 Å². The van der Waals surface area contributed by atoms with E-state index in [1.165, 1.54) is 0 Å². The van der Waals surface area contributed by atoms with E-state index in [0.717, 1.165) is 15.7 Å². The van der Waals surface area contributed by atoms with Crippen LogP contribution < -0.4 is 5.32 Å². The van der Waals surface area contributed by atoms with Crippen molar-refractivity contribution in [3.8, 4) is 11.3 Å². The van der Waals surface area contributed by atoms with E-state index in [4.69, 9.17) is 27.6 Å². The summed E-state index contributed by atoms with van der Waals surface area (Å²) in [5.41, 5.74) is 2.36. The van der Waals surface area contributed by atoms with Gasteiger partial charge in [0.05, 0.1) is 5.02 Å². The molecule has 0 saturated heterocycles. The van der Waals surface area contributed by atoms with E-state index in [-0.39, 0.29) is 11.7 Å². The predicted molar refractivity (Wildman–Crippen MR) is 101 cm³/mol. The molecule has 0 unspecified atom stereocenters. The molecule has 0 saturated carbocycles. The Bertz CT molecular complexity index is 921. The minimum atomic E-state index is -0.322. The van der Waals surface area contributed by atoms with Gasteiger partial charge in [-0.2, -0.15) is 0 Å². The highest BCUT2D eigenvalue weighted by atomic mass is 79.9. The van der Waals surface area contributed by atoms with Crippen molar-refractivity contribution < 1.29 is 9.21 Å². The fourth-order valence-electron chi connectivity index (χ4n) is 2.25. The molecule has 0 radical (unpaired) electrons. The molecule has 3 rings (SSSR count). The summed E-state index contributed by atoms with van der Waals surface area (Å²) in [7, 11) is 0. The first-order valence-electron chi connectivity index (χ1n) is 7.07. The van der Waals surface area contributed by atoms with Crippen molar-refractivity contribution in [1.29, 1.82) is 0 Å². The van der Waals surface area contributed by atoms with Crippen LogP contribution in [0.25, 0.3) is 11.3 Å². The first-order valence-corrected chi connectivity index (χ1v) is 8.61. The highest BCUT2D eigenvalue weighted by Crippen LogP contribution is 2.31. The summed E-state index contributed by atoms with van der Waals surface area (Å²) in [4.78, 5) is 12.4. The van der Waals surface area contributed by atoms with E-state index >= 15 is 0 Å². The maximum atomic E-state index is 12.4. The van der Waals surface area contributed by atoms with Gasteiger partial charge in [0.15, 0.2) is 5.76 Å². The Hall–Kier alpha value is -1.75. The number of halogens is 3. The molecular formula is C18H12BrCl2NO2. The fraction of sp³-hybridized carbons (Fsp3) is 0.0556. The molecule has 1 N–H and O–H groups in total. The maximum Gasteiger partial charge on any atom is 0.291 e. The predicted octanol–water partition coefficient (Wildman–Crippen LogP) is 6.58. The third-order valence-electron chi connectivity index (χ3n) is 3.46. The fourth-order valence-corrected chi connectivity index (χ4v) is 3.22. The molecular weight excluding hydrogens is 413 g/mol. The lowest BCUT2D eigenvalue weighted by molar-refractivity contribution is 0.0997. The van der Waals surface area contributed by atoms with Crippen LogP contribution in [0.2, 0.25) is 10.0 Å². The molecule has 3 aromatic rings. The number of aryl methyl sites for hydroxylation is 1. The van der Waals surface area contributed by atoms with E-state index in [2.05, 4.69) is 21.2 Å². The summed E-state index contributed by atoms with van der Waals surface area (Å²) in [6.07, 6.45) is 0. The van der Waals surface area contributed by atoms with Crippen LogP contribution in [0.15, 0.2) is 57.4 Å². The summed E-state index contributed by atoms with van der Waals surface area (Å²) in [6.45, 7) is 1.92. The van der Waals surface area contributed by atoms with Gasteiger partial charge in [-0.05, 0) is 61.0 Å². The van der Waals surface area contributed by atoms with E-state index in [1.807, 2.05) is 25.1 Å². The number of hydrogen-bond donors (Lipinski definition) is 1. The standard InChI is InChI=1S/C18H12BrCl2NO2/c1-10-8-11(19)2-5-15(10)22-18(23)17-7-6-16(24-17)13-4-3-12(20)9-14(13)21/h2-9H,1H3,(H,22,23). The Morgan fingerprint density at radius 1 is 1.08 bits per heavy atom. The summed E-state index contributed by atoms with van der Waals surface area (Å²) in [6, 6.07) is 14.0. The van der Waals surface area contributed by atoms with Crippen LogP contribution in [0.1, 0.15) is 16.1 Å². The second kappa shape index (κ2) is 7.01. The van der Waals surface area contributed by atoms with Crippen LogP contribution in [0.5, 0.6) is 0 Å². The van der Waals surface area contributed by atoms with E-state index in [9.17, 15) is 4.79 Å². The molecule has 0 fully saturated rings. The number of rotatable bonds is 3. The highest BCUT2D eigenvalue weighted by Gasteiger charge is 2.15. The van der Waals surface area contributed by atoms with Gasteiger partial charge in [-0.3, -0.25) is 4.79 Å². The molecule has 0 aliphatic carbocycles. The molecule has 1 aromatic heterocycles. The van der Waals surface area contributed by atoms with Crippen LogP contribution in [-0.4, -0.2) is 5.91 Å². The number of hydrogen-bond acceptors (Lipinski definition) is 2. The molecule has 0 aliphatic heterocycles. The zero-order valence-electron chi connectivity index (χ0n) is 12.6. The first-order chi connectivity index (χ1) is 11.4. The van der Waals surface area contributed by atoms with E-state index < -0.39 is 0 Å². The Balaban J connectivity index is 1.83. The average molecular weight is 425 g/mol. The lowest BCUT2D eigenvalue weighted by Crippen LogP contribution is -2.11. The largest absolute Gasteiger partial charge is 0.451 e. The molecule has 1 heterocycles. The Morgan fingerprint density at radius 3 is 2.58 bits per heavy atom. The van der Waals surface area contributed by atoms with Crippen LogP contribution in [0.3, 0.4) is 0 Å². The van der Waals surface area contributed by atoms with Crippen LogP contribution >= 0.6 is 39.1 Å². The van der Waals surface area contributed by atoms with Gasteiger partial charge < -0.3 is 9.73 Å². The number of anilines is 1. The van der Waals surface area contributed by atoms with Crippen LogP contribution in [-0.2, 0) is 0 Å². The Kier molecular flexibility index (Phi) is 4.99. The summed E-state index contributed by atoms with van der Waals surface area (Å²) in [5.74, 6) is 0.393. The van der Waals surface area contributed by atoms with Gasteiger partial charge in [-0.25, -0.2) is 0 Å². The van der Waals surface area contributed by atoms with Gasteiger partial charge in [0, 0.05) is 20.7 Å². The second-order valence-electron chi connectivity index (χ2n) is 5.20. The maximum absolute atomic E-state index is 12.4. The Morgan fingerprint density at radius 2 is 1.88 bits per heavy atom. The molecule has 3 nitrogen and oxygen atoms in total. The number of amides is 1. The third-order valence-corrected chi connectivity index (χ3v) is 4.50. The Labute approximate surface area is 157 Å². The smallest absolute Gasteiger partial charge is 0.291 e. The molecule has 0 aliphatic rings. The van der Waals surface area contributed by atoms with Crippen molar-refractivity contribution in [2.75, 3.05) is 5.32 Å². The van der Waals surface area contributed by atoms with Gasteiger partial charge in [0.25, 0.3) is 5.91 Å². The normalized spacial score (nSPS) is 10.7. The van der Waals surface area contributed by atoms with Gasteiger partial charge in [-0.15, -0.1) is 0 Å². The number of benzene rings is 2. The van der Waals surface area contributed by atoms with Crippen molar-refractivity contribution in [2.45, 2.75) is 6.92 Å². The van der Waals surface area contributed by atoms with Crippen LogP contribution in [0, 0.1) is 6.92 Å². The van der Waals surface area contributed by atoms with Crippen molar-refractivity contribution in [3.63, 3.8) is 0 Å². The molecule has 6 heteroatoms. The zero-order valence-corrected chi connectivity index (χ0v) is 15.7. The van der Waals surface area contributed by atoms with Gasteiger partial charge in [-0.1, -0.05) is 39.1 Å². The molecule has 0 spiro atoms. The van der Waals surface area contributed by atoms with E-state index in [0.29, 0.717) is 21.4 Å². The SMILES string of the molecule is Cc1cc(Br)ccc1NC(=O)c1ccc(-c2ccc(Cl)cc2Cl)o1. The van der Waals surface area contributed by atoms with Crippen LogP contribution in [0.4, 0.5) is 5.69 Å². The minimum Gasteiger partial charge on any atom is -0.451 e. The zero-order chi connectivity index (χ0) is 17.3. The lowest BCUT2D eigenvalue weighted by Gasteiger charge is -2.07. The van der Waals surface area contributed by atoms with Gasteiger partial charge >= 0.3 is 0 Å². The van der Waals surface area contributed by atoms with Gasteiger partial charge in [0.1, 0.15) is 5.76 Å². The van der Waals surface area contributed by atoms with Crippen molar-refractivity contribution in [2.24, 2.45) is 0 Å². The first kappa shape index (κ1) is 17.1. The molecule has 24 heavy (non-hydrogen) atoms. The molecule has 122 valence electrons. The lowest BCUT2D eigenvalue weighted by atomic mass is 10.2. The number of nitrogens with one attached hydrogen (secondary N) is 1. The topological polar surface area (TPSA) is 42.2 Å². The van der Waals surface area contributed by atoms with Gasteiger partial charge in [0.2, 0.25) is 0 Å². The quantitative estimate of drug-likeness (QED) is 0.516. The number of carbonyl (C=O) groups excluding carboxylic acids is 1. The third kappa shape index (κ3) is 3.66. The van der Waals surface area contributed by atoms with Crippen molar-refractivity contribution in [1.82, 2.24) is 0 Å². The second-order valence-corrected chi connectivity index (χ2v) is 6.96. The molecule has 1 amide bonds. The van der Waals surface area contributed by atoms with Crippen molar-refractivity contribution >= 4 is 50.7 Å². The molecule has 2 aromatic carbocycles. The summed E-state index contributed by atoms with van der Waals surface area (Å²) < 4.78 is 6.59. The highest BCUT2D eigenvalue weighted by molar-refractivity contribution is 9.10. The molecule has 0 bridgehead atoms. The minimum absolute atomic E-state index is 0.207. The summed E-state index contributed by atoms with van der Waals surface area (Å²) in [5, 5.41) is 3.84. The number of furan rings is 1. The van der Waals surface area contributed by atoms with E-state index in [1.54, 1.807) is 30.3 Å². The summed E-state index contributed by atoms with van der Waals surface area (Å²) >= 11 is 15.5. The monoisotopic (exact) mass is 423 g/mol. The molecule has 0 atom stereocenters.